The highest BCUT2D eigenvalue weighted by Crippen LogP contribution is 2.18. The summed E-state index contributed by atoms with van der Waals surface area (Å²) in [6.07, 6.45) is -0.759. The minimum Gasteiger partial charge on any atom is -0.461 e. The molecular weight excluding hydrogens is 316 g/mol. The molecule has 0 spiro atoms. The molecule has 0 aromatic rings. The molecule has 1 heterocycles. The van der Waals surface area contributed by atoms with Gasteiger partial charge in [0.1, 0.15) is 23.3 Å². The van der Waals surface area contributed by atoms with Gasteiger partial charge in [-0.05, 0) is 41.5 Å². The van der Waals surface area contributed by atoms with Gasteiger partial charge in [0.05, 0.1) is 0 Å². The molecular formula is C16H28N2O6. The summed E-state index contributed by atoms with van der Waals surface area (Å²) in [5, 5.41) is 5.10. The van der Waals surface area contributed by atoms with E-state index in [1.807, 2.05) is 0 Å². The highest BCUT2D eigenvalue weighted by Gasteiger charge is 2.36. The first-order chi connectivity index (χ1) is 10.9. The predicted molar refractivity (Wildman–Crippen MR) is 86.5 cm³/mol. The standard InChI is InChI=1S/C16H28N2O6/c1-15(2,3)23-13(20)17-8-7-10-9-11(12(19)22-10)18-14(21)24-16(4,5)6/h10-11H,7-9H2,1-6H3,(H,17,20)(H,18,21)/t10-,11+/m1/s1. The van der Waals surface area contributed by atoms with Crippen molar-refractivity contribution >= 4 is 18.2 Å². The summed E-state index contributed by atoms with van der Waals surface area (Å²) in [6.45, 7) is 10.9. The van der Waals surface area contributed by atoms with Gasteiger partial charge in [-0.2, -0.15) is 0 Å². The van der Waals surface area contributed by atoms with E-state index in [-0.39, 0.29) is 6.10 Å². The lowest BCUT2D eigenvalue weighted by Gasteiger charge is -2.20. The molecule has 2 atom stereocenters. The molecule has 0 aromatic heterocycles. The number of hydrogen-bond acceptors (Lipinski definition) is 6. The quantitative estimate of drug-likeness (QED) is 0.598. The first kappa shape index (κ1) is 20.1. The van der Waals surface area contributed by atoms with Crippen LogP contribution in [-0.4, -0.2) is 48.0 Å². The average molecular weight is 344 g/mol. The number of carbonyl (C=O) groups is 3. The lowest BCUT2D eigenvalue weighted by Crippen LogP contribution is -2.41. The Morgan fingerprint density at radius 2 is 1.62 bits per heavy atom. The molecule has 8 heteroatoms. The molecule has 0 saturated carbocycles. The highest BCUT2D eigenvalue weighted by molar-refractivity contribution is 5.83. The van der Waals surface area contributed by atoms with E-state index in [9.17, 15) is 14.4 Å². The summed E-state index contributed by atoms with van der Waals surface area (Å²) in [7, 11) is 0. The molecule has 0 aromatic carbocycles. The van der Waals surface area contributed by atoms with E-state index in [1.165, 1.54) is 0 Å². The zero-order valence-electron chi connectivity index (χ0n) is 15.2. The topological polar surface area (TPSA) is 103 Å². The van der Waals surface area contributed by atoms with E-state index in [4.69, 9.17) is 14.2 Å². The maximum Gasteiger partial charge on any atom is 0.408 e. The van der Waals surface area contributed by atoms with Gasteiger partial charge < -0.3 is 24.8 Å². The molecule has 138 valence electrons. The summed E-state index contributed by atoms with van der Waals surface area (Å²) >= 11 is 0. The molecule has 1 saturated heterocycles. The van der Waals surface area contributed by atoms with E-state index >= 15 is 0 Å². The van der Waals surface area contributed by atoms with Crippen LogP contribution in [0.2, 0.25) is 0 Å². The van der Waals surface area contributed by atoms with Crippen molar-refractivity contribution in [1.29, 1.82) is 0 Å². The zero-order chi connectivity index (χ0) is 18.5. The highest BCUT2D eigenvalue weighted by atomic mass is 16.6. The van der Waals surface area contributed by atoms with E-state index in [1.54, 1.807) is 41.5 Å². The molecule has 0 aliphatic carbocycles. The van der Waals surface area contributed by atoms with E-state index in [0.717, 1.165) is 0 Å². The normalized spacial score (nSPS) is 21.0. The van der Waals surface area contributed by atoms with Crippen LogP contribution in [0.25, 0.3) is 0 Å². The van der Waals surface area contributed by atoms with Gasteiger partial charge in [0.2, 0.25) is 0 Å². The third-order valence-corrected chi connectivity index (χ3v) is 2.89. The predicted octanol–water partition coefficient (Wildman–Crippen LogP) is 2.11. The molecule has 2 N–H and O–H groups in total. The number of nitrogens with one attached hydrogen (secondary N) is 2. The molecule has 24 heavy (non-hydrogen) atoms. The Bertz CT molecular complexity index is 478. The second kappa shape index (κ2) is 7.72. The van der Waals surface area contributed by atoms with Crippen LogP contribution in [0.4, 0.5) is 9.59 Å². The monoisotopic (exact) mass is 344 g/mol. The van der Waals surface area contributed by atoms with Crippen LogP contribution in [-0.2, 0) is 19.0 Å². The number of esters is 1. The van der Waals surface area contributed by atoms with Crippen molar-refractivity contribution in [3.05, 3.63) is 0 Å². The van der Waals surface area contributed by atoms with Crippen LogP contribution in [0.3, 0.4) is 0 Å². The Balaban J connectivity index is 2.32. The van der Waals surface area contributed by atoms with Gasteiger partial charge in [-0.1, -0.05) is 0 Å². The Hall–Kier alpha value is -1.99. The third-order valence-electron chi connectivity index (χ3n) is 2.89. The molecule has 8 nitrogen and oxygen atoms in total. The van der Waals surface area contributed by atoms with Crippen LogP contribution in [0.15, 0.2) is 0 Å². The molecule has 1 fully saturated rings. The van der Waals surface area contributed by atoms with Gasteiger partial charge in [0, 0.05) is 19.4 Å². The number of ether oxygens (including phenoxy) is 3. The van der Waals surface area contributed by atoms with Gasteiger partial charge in [-0.3, -0.25) is 0 Å². The number of carbonyl (C=O) groups excluding carboxylic acids is 3. The number of alkyl carbamates (subject to hydrolysis) is 2. The SMILES string of the molecule is CC(C)(C)OC(=O)NCC[C@@H]1C[C@H](NC(=O)OC(C)(C)C)C(=O)O1. The average Bonchev–Trinajstić information content (AvgIpc) is 2.64. The maximum atomic E-state index is 11.8. The Morgan fingerprint density at radius 3 is 2.17 bits per heavy atom. The van der Waals surface area contributed by atoms with Crippen LogP contribution >= 0.6 is 0 Å². The van der Waals surface area contributed by atoms with Crippen LogP contribution < -0.4 is 10.6 Å². The minimum absolute atomic E-state index is 0.312. The molecule has 0 unspecified atom stereocenters. The molecule has 0 radical (unpaired) electrons. The zero-order valence-corrected chi connectivity index (χ0v) is 15.2. The second-order valence-corrected chi connectivity index (χ2v) is 7.71. The lowest BCUT2D eigenvalue weighted by atomic mass is 10.1. The third kappa shape index (κ3) is 8.03. The molecule has 1 aliphatic heterocycles. The van der Waals surface area contributed by atoms with Crippen molar-refractivity contribution in [2.75, 3.05) is 6.54 Å². The second-order valence-electron chi connectivity index (χ2n) is 7.71. The van der Waals surface area contributed by atoms with Crippen molar-refractivity contribution in [1.82, 2.24) is 10.6 Å². The van der Waals surface area contributed by atoms with Crippen molar-refractivity contribution < 1.29 is 28.6 Å². The number of hydrogen-bond donors (Lipinski definition) is 2. The summed E-state index contributed by atoms with van der Waals surface area (Å²) in [6, 6.07) is -0.730. The fourth-order valence-electron chi connectivity index (χ4n) is 2.05. The minimum atomic E-state index is -0.730. The smallest absolute Gasteiger partial charge is 0.408 e. The van der Waals surface area contributed by atoms with Crippen molar-refractivity contribution in [3.63, 3.8) is 0 Å². The van der Waals surface area contributed by atoms with Crippen molar-refractivity contribution in [2.24, 2.45) is 0 Å². The van der Waals surface area contributed by atoms with Gasteiger partial charge in [-0.25, -0.2) is 14.4 Å². The van der Waals surface area contributed by atoms with Gasteiger partial charge in [0.25, 0.3) is 0 Å². The Kier molecular flexibility index (Phi) is 6.45. The lowest BCUT2D eigenvalue weighted by molar-refractivity contribution is -0.143. The number of amides is 2. The summed E-state index contributed by atoms with van der Waals surface area (Å²) in [5.74, 6) is -0.497. The van der Waals surface area contributed by atoms with Crippen molar-refractivity contribution in [2.45, 2.75) is 77.7 Å². The van der Waals surface area contributed by atoms with Gasteiger partial charge >= 0.3 is 18.2 Å². The van der Waals surface area contributed by atoms with Gasteiger partial charge in [0.15, 0.2) is 0 Å². The fraction of sp³-hybridized carbons (Fsp3) is 0.812. The van der Waals surface area contributed by atoms with Crippen LogP contribution in [0.5, 0.6) is 0 Å². The fourth-order valence-corrected chi connectivity index (χ4v) is 2.05. The Labute approximate surface area is 142 Å². The maximum absolute atomic E-state index is 11.8. The van der Waals surface area contributed by atoms with E-state index in [0.29, 0.717) is 19.4 Å². The first-order valence-electron chi connectivity index (χ1n) is 8.02. The van der Waals surface area contributed by atoms with Gasteiger partial charge in [-0.15, -0.1) is 0 Å². The van der Waals surface area contributed by atoms with Crippen LogP contribution in [0, 0.1) is 0 Å². The van der Waals surface area contributed by atoms with Crippen molar-refractivity contribution in [3.8, 4) is 0 Å². The summed E-state index contributed by atoms with van der Waals surface area (Å²) < 4.78 is 15.4. The molecule has 0 bridgehead atoms. The molecule has 1 rings (SSSR count). The number of cyclic esters (lactones) is 1. The summed E-state index contributed by atoms with van der Waals surface area (Å²) in [4.78, 5) is 35.0. The first-order valence-corrected chi connectivity index (χ1v) is 8.02. The molecule has 2 amide bonds. The molecule has 1 aliphatic rings. The summed E-state index contributed by atoms with van der Waals surface area (Å²) in [5.41, 5.74) is -1.20. The van der Waals surface area contributed by atoms with E-state index < -0.39 is 35.4 Å². The van der Waals surface area contributed by atoms with E-state index in [2.05, 4.69) is 10.6 Å². The van der Waals surface area contributed by atoms with Crippen LogP contribution in [0.1, 0.15) is 54.4 Å². The Morgan fingerprint density at radius 1 is 1.08 bits per heavy atom. The largest absolute Gasteiger partial charge is 0.461 e. The number of rotatable bonds is 4.